The fraction of sp³-hybridized carbons (Fsp3) is 0.643. The summed E-state index contributed by atoms with van der Waals surface area (Å²) in [7, 11) is 0. The molecule has 0 aliphatic rings. The second kappa shape index (κ2) is 76.9. The third-order valence-electron chi connectivity index (χ3n) is 11.0. The Hall–Kier alpha value is -10.2. The van der Waals surface area contributed by atoms with E-state index in [-0.39, 0.29) is 62.7 Å². The van der Waals surface area contributed by atoms with Crippen molar-refractivity contribution in [2.45, 2.75) is 191 Å². The number of carboxylic acid groups (broad SMARTS) is 14. The zero-order chi connectivity index (χ0) is 87.2. The molecule has 1 aromatic heterocycles. The van der Waals surface area contributed by atoms with E-state index < -0.39 is 168 Å². The lowest BCUT2D eigenvalue weighted by Crippen LogP contribution is -2.36. The zero-order valence-corrected chi connectivity index (χ0v) is 60.7. The third kappa shape index (κ3) is 107. The van der Waals surface area contributed by atoms with Crippen molar-refractivity contribution in [3.8, 4) is 0 Å². The number of nitrogens with one attached hydrogen (secondary N) is 1. The highest BCUT2D eigenvalue weighted by atomic mass is 32.1. The topological polar surface area (TPSA) is 1040 Å². The predicted molar refractivity (Wildman–Crippen MR) is 383 cm³/mol. The Labute approximate surface area is 619 Å². The number of aromatic nitrogens is 2. The van der Waals surface area contributed by atoms with E-state index in [1.807, 2.05) is 27.7 Å². The van der Waals surface area contributed by atoms with E-state index in [2.05, 4.69) is 39.1 Å². The molecule has 0 bridgehead atoms. The summed E-state index contributed by atoms with van der Waals surface area (Å²) in [6.45, 7) is 9.82. The molecule has 1 rings (SSSR count). The van der Waals surface area contributed by atoms with Crippen molar-refractivity contribution < 1.29 is 148 Å². The minimum absolute atomic E-state index is 0.0129. The van der Waals surface area contributed by atoms with E-state index in [0.29, 0.717) is 44.7 Å². The van der Waals surface area contributed by atoms with Crippen molar-refractivity contribution in [3.63, 3.8) is 0 Å². The number of carbonyl (C=O) groups excluding carboxylic acids is 2. The largest absolute Gasteiger partial charge is 0.481 e. The van der Waals surface area contributed by atoms with Gasteiger partial charge in [0.1, 0.15) is 66.5 Å². The number of nitrogens with two attached hydrogens (primary N) is 17. The first-order valence-corrected chi connectivity index (χ1v) is 31.5. The molecule has 0 aromatic carbocycles. The van der Waals surface area contributed by atoms with Crippen LogP contribution < -0.4 is 97.5 Å². The number of carboxylic acids is 14. The average Bonchev–Trinajstić information content (AvgIpc) is 1.86. The number of aromatic amines is 1. The lowest BCUT2D eigenvalue weighted by molar-refractivity contribution is -0.144. The van der Waals surface area contributed by atoms with E-state index in [4.69, 9.17) is 157 Å². The number of hydrogen-bond acceptors (Lipinski definition) is 32. The van der Waals surface area contributed by atoms with E-state index >= 15 is 0 Å². The standard InChI is InChI=1S/C6H14N4O2.C6H9N3O2.C6H14N2O2.2C6H13NO2.C5H10N2O3.C5H9NO4.C4H8N2O3.C4H7NO4.C3H7NO2S.C3H7NO2.C2H5NO2/c7-4(5(11)12)2-1-3-10-6(8)9;7-5(6(10)11)1-4-2-8-3-9-4;7-4-2-1-3-5(8)6(9)10;1-4(2)3-5(7)6(8)9;1-3-4(2)5(7)6(8)9;2*6-3(5(9)10)1-2-4(7)8;2*5-2(4(8)9)1-3(6)7;4-2(1-7)3(5)6;1-2(4)3(5)6;3-1-2(4)5/h4H,1-3,7H2,(H,11,12)(H4,8,9,10);2-3,5H,1,7H2,(H,8,9)(H,10,11);5H,1-4,7-8H2,(H,9,10);2*4-5H,3,7H2,1-2H3,(H,8,9);3H,1-2,6H2,(H2,7,8)(H,9,10);3H,1-2,6H2,(H,7,8)(H,9,10);2H,1,5H2,(H2,6,7)(H,8,9);2H,1,5H2,(H,6,7)(H,8,9);2,7H,1,4H2,(H,5,6);2H,4H2,1H3,(H,5,6);1,3H2,(H,4,5)/t4-;3*5-;4-,5-;2*3-;4*2-;/m00000000000./s1. The molecule has 1 aromatic rings. The summed E-state index contributed by atoms with van der Waals surface area (Å²) < 4.78 is 0. The predicted octanol–water partition coefficient (Wildman–Crippen LogP) is -8.92. The number of imidazole rings is 1. The minimum atomic E-state index is -1.29. The maximum absolute atomic E-state index is 10.3. The molecule has 0 saturated heterocycles. The van der Waals surface area contributed by atoms with Gasteiger partial charge in [0.25, 0.3) is 0 Å². The van der Waals surface area contributed by atoms with Crippen LogP contribution in [0.2, 0.25) is 0 Å². The van der Waals surface area contributed by atoms with Crippen LogP contribution in [-0.4, -0.2) is 275 Å². The molecule has 0 unspecified atom stereocenters. The number of rotatable bonds is 37. The number of hydrogen-bond donors (Lipinski definition) is 33. The summed E-state index contributed by atoms with van der Waals surface area (Å²) in [5.74, 6) is -15.3. The van der Waals surface area contributed by atoms with Crippen LogP contribution in [0.3, 0.4) is 0 Å². The van der Waals surface area contributed by atoms with Gasteiger partial charge in [0.05, 0.1) is 25.7 Å². The highest BCUT2D eigenvalue weighted by molar-refractivity contribution is 7.80. The maximum atomic E-state index is 10.3. The van der Waals surface area contributed by atoms with Crippen LogP contribution in [0.5, 0.6) is 0 Å². The molecule has 0 spiro atoms. The smallest absolute Gasteiger partial charge is 0.321 e. The molecule has 51 heteroatoms. The van der Waals surface area contributed by atoms with Crippen molar-refractivity contribution in [1.82, 2.24) is 9.97 Å². The molecule has 2 amide bonds. The fourth-order valence-electron chi connectivity index (χ4n) is 4.58. The Morgan fingerprint density at radius 3 is 1.00 bits per heavy atom. The zero-order valence-electron chi connectivity index (χ0n) is 59.8. The van der Waals surface area contributed by atoms with Gasteiger partial charge in [-0.25, -0.2) is 4.98 Å². The summed E-state index contributed by atoms with van der Waals surface area (Å²) in [6, 6.07) is -9.82. The van der Waals surface area contributed by atoms with Gasteiger partial charge in [0.2, 0.25) is 11.8 Å². The minimum Gasteiger partial charge on any atom is -0.481 e. The molecule has 0 aliphatic heterocycles. The third-order valence-corrected chi connectivity index (χ3v) is 11.4. The second-order valence-electron chi connectivity index (χ2n) is 21.5. The number of aliphatic carboxylic acids is 14. The van der Waals surface area contributed by atoms with E-state index in [1.54, 1.807) is 6.20 Å². The summed E-state index contributed by atoms with van der Waals surface area (Å²) in [6.07, 6.45) is 6.88. The quantitative estimate of drug-likeness (QED) is 0.0127. The summed E-state index contributed by atoms with van der Waals surface area (Å²) in [5, 5.41) is 114. The van der Waals surface area contributed by atoms with Gasteiger partial charge in [-0.1, -0.05) is 40.5 Å². The van der Waals surface area contributed by atoms with E-state index in [1.165, 1.54) is 13.3 Å². The van der Waals surface area contributed by atoms with Crippen molar-refractivity contribution in [1.29, 1.82) is 0 Å². The molecule has 0 radical (unpaired) electrons. The van der Waals surface area contributed by atoms with Gasteiger partial charge in [-0.3, -0.25) is 81.7 Å². The highest BCUT2D eigenvalue weighted by Crippen LogP contribution is 2.05. The first-order valence-electron chi connectivity index (χ1n) is 30.9. The molecule has 1 heterocycles. The van der Waals surface area contributed by atoms with Crippen LogP contribution in [0, 0.1) is 11.8 Å². The number of amides is 2. The first kappa shape index (κ1) is 121. The lowest BCUT2D eigenvalue weighted by Gasteiger charge is -2.11. The first-order chi connectivity index (χ1) is 48.8. The molecule has 0 fully saturated rings. The number of thiol groups is 1. The number of aliphatic imine (C=N–C) groups is 1. The molecular weight excluding hydrogens is 1460 g/mol. The summed E-state index contributed by atoms with van der Waals surface area (Å²) >= 11 is 3.65. The highest BCUT2D eigenvalue weighted by Gasteiger charge is 2.19. The molecule has 12 atom stereocenters. The van der Waals surface area contributed by atoms with Gasteiger partial charge in [-0.05, 0) is 70.3 Å². The van der Waals surface area contributed by atoms with Crippen molar-refractivity contribution in [3.05, 3.63) is 18.2 Å². The molecule has 0 aliphatic carbocycles. The molecule has 626 valence electrons. The van der Waals surface area contributed by atoms with Crippen LogP contribution in [0.25, 0.3) is 0 Å². The number of unbranched alkanes of at least 4 members (excludes halogenated alkanes) is 1. The van der Waals surface area contributed by atoms with Crippen LogP contribution in [0.1, 0.15) is 124 Å². The Morgan fingerprint density at radius 2 is 0.794 bits per heavy atom. The monoisotopic (exact) mass is 1580 g/mol. The van der Waals surface area contributed by atoms with Gasteiger partial charge in [0, 0.05) is 43.5 Å². The van der Waals surface area contributed by atoms with Gasteiger partial charge < -0.3 is 174 Å². The summed E-state index contributed by atoms with van der Waals surface area (Å²) in [4.78, 5) is 169. The Morgan fingerprint density at radius 1 is 0.439 bits per heavy atom. The number of nitrogens with zero attached hydrogens (tertiary/aromatic N) is 2. The summed E-state index contributed by atoms with van der Waals surface area (Å²) in [5.41, 5.74) is 85.8. The Bertz CT molecular complexity index is 2640. The maximum Gasteiger partial charge on any atom is 0.321 e. The van der Waals surface area contributed by atoms with Crippen LogP contribution >= 0.6 is 12.6 Å². The van der Waals surface area contributed by atoms with Crippen molar-refractivity contribution in [2.75, 3.05) is 25.4 Å². The van der Waals surface area contributed by atoms with E-state index in [0.717, 1.165) is 25.0 Å². The van der Waals surface area contributed by atoms with Crippen LogP contribution in [0.15, 0.2) is 17.5 Å². The van der Waals surface area contributed by atoms with Crippen molar-refractivity contribution in [2.24, 2.45) is 114 Å². The molecule has 50 nitrogen and oxygen atoms in total. The SMILES string of the molecule is CC(C)C[C@H](N)C(=O)O.CC[C@H](C)[C@H](N)C(=O)O.C[C@H](N)C(=O)O.NC(=O)CC[C@H](N)C(=O)O.NC(=O)C[C@H](N)C(=O)O.NC(N)=NCCC[C@H](N)C(=O)O.NCC(=O)O.NCCCC[C@H](N)C(=O)O.N[C@@H](CC(=O)O)C(=O)O.N[C@@H](CCC(=O)O)C(=O)O.N[C@@H](CS)C(=O)O.N[C@@H](Cc1cnc[nH]1)C(=O)O. The van der Waals surface area contributed by atoms with Crippen LogP contribution in [-0.2, 0) is 83.1 Å². The molecule has 0 saturated carbocycles. The normalized spacial score (nSPS) is 12.9. The number of carbonyl (C=O) groups is 16. The second-order valence-corrected chi connectivity index (χ2v) is 21.9. The Balaban J connectivity index is -0.000000105. The van der Waals surface area contributed by atoms with E-state index in [9.17, 15) is 76.7 Å². The van der Waals surface area contributed by atoms with Crippen LogP contribution in [0.4, 0.5) is 0 Å². The number of guanidine groups is 1. The fourth-order valence-corrected chi connectivity index (χ4v) is 4.74. The van der Waals surface area contributed by atoms with Crippen molar-refractivity contribution >= 4 is 114 Å². The molecule has 107 heavy (non-hydrogen) atoms. The van der Waals surface area contributed by atoms with Gasteiger partial charge in [0.15, 0.2) is 5.96 Å². The average molecular weight is 1580 g/mol. The number of H-pyrrole nitrogens is 1. The number of primary amides is 2. The van der Waals surface area contributed by atoms with Gasteiger partial charge in [-0.2, -0.15) is 12.6 Å². The molecular formula is C56H116N20O30S. The molecule has 49 N–H and O–H groups in total. The van der Waals surface area contributed by atoms with Gasteiger partial charge >= 0.3 is 83.6 Å². The van der Waals surface area contributed by atoms with Gasteiger partial charge in [-0.15, -0.1) is 0 Å². The Kier molecular flexibility index (Phi) is 86.8. The lowest BCUT2D eigenvalue weighted by atomic mass is 10.0.